The summed E-state index contributed by atoms with van der Waals surface area (Å²) in [6.07, 6.45) is 5.10. The lowest BCUT2D eigenvalue weighted by molar-refractivity contribution is 1.37. The summed E-state index contributed by atoms with van der Waals surface area (Å²) in [6, 6.07) is 8.27. The van der Waals surface area contributed by atoms with E-state index in [1.54, 1.807) is 19.5 Å². The van der Waals surface area contributed by atoms with Gasteiger partial charge in [0.2, 0.25) is 0 Å². The van der Waals surface area contributed by atoms with Crippen LogP contribution in [-0.4, -0.2) is 18.2 Å². The van der Waals surface area contributed by atoms with Gasteiger partial charge in [-0.25, -0.2) is 0 Å². The highest BCUT2D eigenvalue weighted by Crippen LogP contribution is 2.18. The van der Waals surface area contributed by atoms with Gasteiger partial charge in [0.05, 0.1) is 5.52 Å². The zero-order valence-corrected chi connectivity index (χ0v) is 12.0. The molecule has 0 saturated carbocycles. The third-order valence-corrected chi connectivity index (χ3v) is 2.62. The molecule has 3 heteroatoms. The van der Waals surface area contributed by atoms with Crippen molar-refractivity contribution < 1.29 is 0 Å². The van der Waals surface area contributed by atoms with E-state index < -0.39 is 0 Å². The molecule has 1 aromatic heterocycles. The van der Waals surface area contributed by atoms with Crippen molar-refractivity contribution in [1.29, 1.82) is 0 Å². The van der Waals surface area contributed by atoms with Crippen LogP contribution in [0.15, 0.2) is 41.7 Å². The number of aliphatic imine (C=N–C) groups is 1. The number of allylic oxidation sites excluding steroid dienone is 1. The number of pyridine rings is 1. The summed E-state index contributed by atoms with van der Waals surface area (Å²) in [7, 11) is 1.72. The maximum absolute atomic E-state index is 5.58. The summed E-state index contributed by atoms with van der Waals surface area (Å²) in [5.41, 5.74) is 9.66. The molecule has 3 nitrogen and oxygen atoms in total. The van der Waals surface area contributed by atoms with Gasteiger partial charge in [-0.05, 0) is 25.1 Å². The number of hydrogen-bond donors (Lipinski definition) is 1. The standard InChI is InChI=1S/C14H15N3.C2H6/c1-10-3-4-14-11(5-10)6-12(9-17-14)13(7-15)8-16-2;1-2/h3-9H,15H2,1-2H3;1-2H3/b13-7+,16-8?;. The Balaban J connectivity index is 0.000000861. The van der Waals surface area contributed by atoms with Crippen molar-refractivity contribution in [2.75, 3.05) is 7.05 Å². The van der Waals surface area contributed by atoms with Crippen LogP contribution in [0.5, 0.6) is 0 Å². The highest BCUT2D eigenvalue weighted by atomic mass is 14.7. The van der Waals surface area contributed by atoms with Crippen LogP contribution < -0.4 is 5.73 Å². The van der Waals surface area contributed by atoms with Crippen molar-refractivity contribution in [3.63, 3.8) is 0 Å². The van der Waals surface area contributed by atoms with Crippen LogP contribution in [0, 0.1) is 6.92 Å². The Morgan fingerprint density at radius 1 is 1.26 bits per heavy atom. The molecule has 1 heterocycles. The number of nitrogens with two attached hydrogens (primary N) is 1. The maximum Gasteiger partial charge on any atom is 0.0702 e. The molecular weight excluding hydrogens is 234 g/mol. The maximum atomic E-state index is 5.58. The Hall–Kier alpha value is -2.16. The third-order valence-electron chi connectivity index (χ3n) is 2.62. The van der Waals surface area contributed by atoms with Crippen LogP contribution in [0.4, 0.5) is 0 Å². The van der Waals surface area contributed by atoms with Crippen molar-refractivity contribution in [3.05, 3.63) is 47.8 Å². The number of hydrogen-bond acceptors (Lipinski definition) is 3. The summed E-state index contributed by atoms with van der Waals surface area (Å²) in [4.78, 5) is 8.40. The largest absolute Gasteiger partial charge is 0.404 e. The Kier molecular flexibility index (Phi) is 5.73. The first-order valence-corrected chi connectivity index (χ1v) is 6.45. The van der Waals surface area contributed by atoms with E-state index in [1.165, 1.54) is 5.56 Å². The number of fused-ring (bicyclic) bond motifs is 1. The van der Waals surface area contributed by atoms with E-state index in [0.717, 1.165) is 22.0 Å². The normalized spacial score (nSPS) is 11.5. The van der Waals surface area contributed by atoms with Gasteiger partial charge in [-0.15, -0.1) is 0 Å². The van der Waals surface area contributed by atoms with Crippen LogP contribution in [0.25, 0.3) is 16.5 Å². The summed E-state index contributed by atoms with van der Waals surface area (Å²) in [5, 5.41) is 1.12. The molecule has 1 aromatic carbocycles. The van der Waals surface area contributed by atoms with Gasteiger partial charge in [-0.2, -0.15) is 0 Å². The second-order valence-electron chi connectivity index (χ2n) is 3.93. The van der Waals surface area contributed by atoms with Gasteiger partial charge in [0.25, 0.3) is 0 Å². The van der Waals surface area contributed by atoms with E-state index in [1.807, 2.05) is 26.1 Å². The smallest absolute Gasteiger partial charge is 0.0702 e. The lowest BCUT2D eigenvalue weighted by Crippen LogP contribution is -1.93. The second kappa shape index (κ2) is 7.31. The molecule has 0 radical (unpaired) electrons. The van der Waals surface area contributed by atoms with Crippen molar-refractivity contribution in [2.24, 2.45) is 10.7 Å². The third kappa shape index (κ3) is 3.65. The molecule has 0 aliphatic carbocycles. The lowest BCUT2D eigenvalue weighted by Gasteiger charge is -2.04. The summed E-state index contributed by atoms with van der Waals surface area (Å²) >= 11 is 0. The Bertz CT molecular complexity index is 598. The van der Waals surface area contributed by atoms with Gasteiger partial charge < -0.3 is 5.73 Å². The van der Waals surface area contributed by atoms with E-state index >= 15 is 0 Å². The van der Waals surface area contributed by atoms with Gasteiger partial charge in [0.1, 0.15) is 0 Å². The Labute approximate surface area is 114 Å². The minimum Gasteiger partial charge on any atom is -0.404 e. The molecular formula is C16H21N3. The number of aryl methyl sites for hydroxylation is 1. The van der Waals surface area contributed by atoms with Crippen LogP contribution in [0.1, 0.15) is 25.0 Å². The van der Waals surface area contributed by atoms with Crippen LogP contribution >= 0.6 is 0 Å². The SMILES string of the molecule is CC.CN=C/C(=C\N)c1cnc2ccc(C)cc2c1. The minimum absolute atomic E-state index is 0.878. The quantitative estimate of drug-likeness (QED) is 0.834. The number of nitrogens with zero attached hydrogens (tertiary/aromatic N) is 2. The van der Waals surface area contributed by atoms with Crippen LogP contribution in [0.2, 0.25) is 0 Å². The van der Waals surface area contributed by atoms with Crippen molar-refractivity contribution in [2.45, 2.75) is 20.8 Å². The lowest BCUT2D eigenvalue weighted by atomic mass is 10.1. The molecule has 2 aromatic rings. The fourth-order valence-electron chi connectivity index (χ4n) is 1.76. The highest BCUT2D eigenvalue weighted by Gasteiger charge is 2.01. The molecule has 100 valence electrons. The molecule has 0 saturated heterocycles. The minimum atomic E-state index is 0.878. The van der Waals surface area contributed by atoms with Gasteiger partial charge in [-0.1, -0.05) is 25.5 Å². The molecule has 0 spiro atoms. The molecule has 2 N–H and O–H groups in total. The fraction of sp³-hybridized carbons (Fsp3) is 0.250. The Morgan fingerprint density at radius 3 is 2.63 bits per heavy atom. The topological polar surface area (TPSA) is 51.3 Å². The predicted octanol–water partition coefficient (Wildman–Crippen LogP) is 3.57. The van der Waals surface area contributed by atoms with Gasteiger partial charge in [0.15, 0.2) is 0 Å². The van der Waals surface area contributed by atoms with Gasteiger partial charge in [-0.3, -0.25) is 9.98 Å². The van der Waals surface area contributed by atoms with Gasteiger partial charge in [0, 0.05) is 42.2 Å². The molecule has 0 fully saturated rings. The fourth-order valence-corrected chi connectivity index (χ4v) is 1.76. The first kappa shape index (κ1) is 14.9. The van der Waals surface area contributed by atoms with E-state index in [2.05, 4.69) is 35.1 Å². The van der Waals surface area contributed by atoms with Gasteiger partial charge >= 0.3 is 0 Å². The van der Waals surface area contributed by atoms with Crippen molar-refractivity contribution >= 4 is 22.7 Å². The summed E-state index contributed by atoms with van der Waals surface area (Å²) in [6.45, 7) is 6.07. The monoisotopic (exact) mass is 255 g/mol. The molecule has 0 amide bonds. The van der Waals surface area contributed by atoms with Crippen molar-refractivity contribution in [3.8, 4) is 0 Å². The van der Waals surface area contributed by atoms with Crippen LogP contribution in [-0.2, 0) is 0 Å². The average Bonchev–Trinajstić information content (AvgIpc) is 2.46. The zero-order chi connectivity index (χ0) is 14.3. The van der Waals surface area contributed by atoms with Crippen LogP contribution in [0.3, 0.4) is 0 Å². The summed E-state index contributed by atoms with van der Waals surface area (Å²) < 4.78 is 0. The van der Waals surface area contributed by atoms with E-state index in [0.29, 0.717) is 0 Å². The first-order chi connectivity index (χ1) is 9.24. The molecule has 2 rings (SSSR count). The highest BCUT2D eigenvalue weighted by molar-refractivity contribution is 6.10. The molecule has 0 aliphatic heterocycles. The van der Waals surface area contributed by atoms with E-state index in [-0.39, 0.29) is 0 Å². The molecule has 0 aliphatic rings. The predicted molar refractivity (Wildman–Crippen MR) is 84.4 cm³/mol. The first-order valence-electron chi connectivity index (χ1n) is 6.45. The molecule has 19 heavy (non-hydrogen) atoms. The number of aromatic nitrogens is 1. The summed E-state index contributed by atoms with van der Waals surface area (Å²) in [5.74, 6) is 0. The number of benzene rings is 1. The average molecular weight is 255 g/mol. The van der Waals surface area contributed by atoms with Crippen molar-refractivity contribution in [1.82, 2.24) is 4.98 Å². The Morgan fingerprint density at radius 2 is 2.00 bits per heavy atom. The second-order valence-corrected chi connectivity index (χ2v) is 3.93. The van der Waals surface area contributed by atoms with E-state index in [9.17, 15) is 0 Å². The molecule has 0 bridgehead atoms. The molecule has 0 atom stereocenters. The number of rotatable bonds is 2. The molecule has 0 unspecified atom stereocenters. The van der Waals surface area contributed by atoms with E-state index in [4.69, 9.17) is 5.73 Å². The zero-order valence-electron chi connectivity index (χ0n) is 12.0.